The van der Waals surface area contributed by atoms with Gasteiger partial charge in [0.2, 0.25) is 0 Å². The number of piperidine rings is 1. The molecule has 1 amide bonds. The van der Waals surface area contributed by atoms with Crippen LogP contribution in [0.4, 0.5) is 0 Å². The van der Waals surface area contributed by atoms with E-state index >= 15 is 0 Å². The van der Waals surface area contributed by atoms with Crippen LogP contribution in [0.1, 0.15) is 48.3 Å². The molecule has 7 nitrogen and oxygen atoms in total. The Hall–Kier alpha value is -2.51. The number of aromatic nitrogens is 3. The van der Waals surface area contributed by atoms with Crippen molar-refractivity contribution in [2.24, 2.45) is 0 Å². The van der Waals surface area contributed by atoms with Crippen LogP contribution in [0.5, 0.6) is 0 Å². The predicted octanol–water partition coefficient (Wildman–Crippen LogP) is 2.13. The van der Waals surface area contributed by atoms with E-state index in [1.807, 2.05) is 10.7 Å². The number of rotatable bonds is 8. The molecule has 2 aromatic rings. The molecule has 1 aliphatic heterocycles. The van der Waals surface area contributed by atoms with E-state index in [1.54, 1.807) is 6.20 Å². The zero-order valence-electron chi connectivity index (χ0n) is 16.4. The fourth-order valence-electron chi connectivity index (χ4n) is 3.55. The van der Waals surface area contributed by atoms with Gasteiger partial charge < -0.3 is 10.4 Å². The first-order valence-electron chi connectivity index (χ1n) is 9.91. The van der Waals surface area contributed by atoms with Gasteiger partial charge in [0, 0.05) is 26.2 Å². The van der Waals surface area contributed by atoms with Gasteiger partial charge in [-0.25, -0.2) is 4.68 Å². The predicted molar refractivity (Wildman–Crippen MR) is 109 cm³/mol. The lowest BCUT2D eigenvalue weighted by Gasteiger charge is -2.32. The van der Waals surface area contributed by atoms with Gasteiger partial charge in [-0.3, -0.25) is 9.69 Å². The minimum absolute atomic E-state index is 0.0585. The second kappa shape index (κ2) is 10.1. The maximum Gasteiger partial charge on any atom is 0.273 e. The van der Waals surface area contributed by atoms with Crippen LogP contribution in [-0.4, -0.2) is 63.7 Å². The summed E-state index contributed by atoms with van der Waals surface area (Å²) in [4.78, 5) is 14.5. The molecule has 1 atom stereocenters. The lowest BCUT2D eigenvalue weighted by atomic mass is 10.0. The number of carbonyl (C=O) groups excluding carboxylic acids is 1. The molecule has 1 saturated heterocycles. The standard InChI is InChI=1S/C21H29N5O2/c1-17(13-18-7-3-2-4-8-18)14-25-11-5-9-19(15-25)26-16-20(23-24-26)21(28)22-10-6-12-27/h2-4,7-8,13,16,19,27H,5-6,9-12,14-15H2,1H3,(H,22,28)/b17-13+/t19-/m0/s1. The average Bonchev–Trinajstić information content (AvgIpc) is 3.19. The first-order valence-corrected chi connectivity index (χ1v) is 9.91. The summed E-state index contributed by atoms with van der Waals surface area (Å²) in [6, 6.07) is 10.6. The summed E-state index contributed by atoms with van der Waals surface area (Å²) >= 11 is 0. The molecule has 1 aromatic carbocycles. The number of aliphatic hydroxyl groups is 1. The smallest absolute Gasteiger partial charge is 0.273 e. The maximum absolute atomic E-state index is 12.1. The molecular formula is C21H29N5O2. The lowest BCUT2D eigenvalue weighted by Crippen LogP contribution is -2.37. The molecule has 2 N–H and O–H groups in total. The quantitative estimate of drug-likeness (QED) is 0.683. The van der Waals surface area contributed by atoms with Gasteiger partial charge in [-0.2, -0.15) is 0 Å². The number of benzene rings is 1. The molecule has 2 heterocycles. The molecule has 0 bridgehead atoms. The second-order valence-corrected chi connectivity index (χ2v) is 7.35. The highest BCUT2D eigenvalue weighted by Crippen LogP contribution is 2.22. The van der Waals surface area contributed by atoms with E-state index in [0.717, 1.165) is 32.5 Å². The van der Waals surface area contributed by atoms with E-state index in [0.29, 0.717) is 18.7 Å². The first-order chi connectivity index (χ1) is 13.7. The third-order valence-electron chi connectivity index (χ3n) is 4.90. The second-order valence-electron chi connectivity index (χ2n) is 7.35. The minimum atomic E-state index is -0.242. The van der Waals surface area contributed by atoms with Crippen LogP contribution in [0.25, 0.3) is 6.08 Å². The molecule has 0 saturated carbocycles. The molecule has 0 unspecified atom stereocenters. The SMILES string of the molecule is C/C(=C\c1ccccc1)CN1CCC[C@H](n2cc(C(=O)NCCCO)nn2)C1. The molecule has 7 heteroatoms. The van der Waals surface area contributed by atoms with E-state index in [2.05, 4.69) is 57.8 Å². The Morgan fingerprint density at radius 3 is 2.96 bits per heavy atom. The van der Waals surface area contributed by atoms with Crippen molar-refractivity contribution in [3.05, 3.63) is 53.4 Å². The summed E-state index contributed by atoms with van der Waals surface area (Å²) in [6.07, 6.45) is 6.63. The van der Waals surface area contributed by atoms with Crippen LogP contribution >= 0.6 is 0 Å². The van der Waals surface area contributed by atoms with Crippen molar-refractivity contribution in [3.8, 4) is 0 Å². The Labute approximate surface area is 166 Å². The molecule has 1 aromatic heterocycles. The van der Waals surface area contributed by atoms with E-state index < -0.39 is 0 Å². The highest BCUT2D eigenvalue weighted by atomic mass is 16.3. The van der Waals surface area contributed by atoms with Gasteiger partial charge in [0.15, 0.2) is 5.69 Å². The molecular weight excluding hydrogens is 354 g/mol. The molecule has 0 spiro atoms. The van der Waals surface area contributed by atoms with Crippen molar-refractivity contribution >= 4 is 12.0 Å². The van der Waals surface area contributed by atoms with Crippen LogP contribution in [0.2, 0.25) is 0 Å². The van der Waals surface area contributed by atoms with Gasteiger partial charge in [0.1, 0.15) is 0 Å². The van der Waals surface area contributed by atoms with Crippen LogP contribution in [0, 0.1) is 0 Å². The summed E-state index contributed by atoms with van der Waals surface area (Å²) in [5, 5.41) is 19.7. The Balaban J connectivity index is 1.56. The van der Waals surface area contributed by atoms with Crippen molar-refractivity contribution in [2.45, 2.75) is 32.2 Å². The van der Waals surface area contributed by atoms with Gasteiger partial charge >= 0.3 is 0 Å². The summed E-state index contributed by atoms with van der Waals surface area (Å²) in [5.41, 5.74) is 2.88. The van der Waals surface area contributed by atoms with E-state index in [1.165, 1.54) is 11.1 Å². The number of nitrogens with zero attached hydrogens (tertiary/aromatic N) is 4. The fraction of sp³-hybridized carbons (Fsp3) is 0.476. The van der Waals surface area contributed by atoms with E-state index in [9.17, 15) is 4.79 Å². The number of aliphatic hydroxyl groups excluding tert-OH is 1. The normalized spacial score (nSPS) is 18.2. The van der Waals surface area contributed by atoms with Gasteiger partial charge in [-0.05, 0) is 38.3 Å². The Bertz CT molecular complexity index is 787. The monoisotopic (exact) mass is 383 g/mol. The number of carbonyl (C=O) groups is 1. The van der Waals surface area contributed by atoms with Crippen molar-refractivity contribution in [1.82, 2.24) is 25.2 Å². The third-order valence-corrected chi connectivity index (χ3v) is 4.90. The number of hydrogen-bond donors (Lipinski definition) is 2. The van der Waals surface area contributed by atoms with Crippen molar-refractivity contribution < 1.29 is 9.90 Å². The molecule has 0 radical (unpaired) electrons. The molecule has 28 heavy (non-hydrogen) atoms. The minimum Gasteiger partial charge on any atom is -0.396 e. The summed E-state index contributed by atoms with van der Waals surface area (Å²) in [5.74, 6) is -0.242. The Morgan fingerprint density at radius 1 is 1.36 bits per heavy atom. The van der Waals surface area contributed by atoms with Gasteiger partial charge in [-0.15, -0.1) is 5.10 Å². The van der Waals surface area contributed by atoms with Gasteiger partial charge in [-0.1, -0.05) is 47.2 Å². The van der Waals surface area contributed by atoms with Gasteiger partial charge in [0.25, 0.3) is 5.91 Å². The average molecular weight is 383 g/mol. The summed E-state index contributed by atoms with van der Waals surface area (Å²) in [6.45, 7) is 5.56. The summed E-state index contributed by atoms with van der Waals surface area (Å²) in [7, 11) is 0. The fourth-order valence-corrected chi connectivity index (χ4v) is 3.55. The largest absolute Gasteiger partial charge is 0.396 e. The van der Waals surface area contributed by atoms with Crippen molar-refractivity contribution in [1.29, 1.82) is 0 Å². The van der Waals surface area contributed by atoms with Crippen molar-refractivity contribution in [3.63, 3.8) is 0 Å². The van der Waals surface area contributed by atoms with Crippen molar-refractivity contribution in [2.75, 3.05) is 32.8 Å². The number of amides is 1. The zero-order chi connectivity index (χ0) is 19.8. The molecule has 1 aliphatic rings. The van der Waals surface area contributed by atoms with Crippen LogP contribution < -0.4 is 5.32 Å². The molecule has 1 fully saturated rings. The topological polar surface area (TPSA) is 83.3 Å². The van der Waals surface area contributed by atoms with Gasteiger partial charge in [0.05, 0.1) is 12.2 Å². The maximum atomic E-state index is 12.1. The molecule has 150 valence electrons. The number of likely N-dealkylation sites (tertiary alicyclic amines) is 1. The Morgan fingerprint density at radius 2 is 2.18 bits per heavy atom. The molecule has 3 rings (SSSR count). The van der Waals surface area contributed by atoms with E-state index in [4.69, 9.17) is 5.11 Å². The van der Waals surface area contributed by atoms with Crippen LogP contribution in [-0.2, 0) is 0 Å². The number of hydrogen-bond acceptors (Lipinski definition) is 5. The third kappa shape index (κ3) is 5.74. The molecule has 0 aliphatic carbocycles. The highest BCUT2D eigenvalue weighted by Gasteiger charge is 2.23. The van der Waals surface area contributed by atoms with E-state index in [-0.39, 0.29) is 18.6 Å². The van der Waals surface area contributed by atoms with Crippen LogP contribution in [0.3, 0.4) is 0 Å². The summed E-state index contributed by atoms with van der Waals surface area (Å²) < 4.78 is 1.82. The van der Waals surface area contributed by atoms with Crippen LogP contribution in [0.15, 0.2) is 42.1 Å². The zero-order valence-corrected chi connectivity index (χ0v) is 16.4. The highest BCUT2D eigenvalue weighted by molar-refractivity contribution is 5.91. The Kier molecular flexibility index (Phi) is 7.33. The first kappa shape index (κ1) is 20.2. The number of nitrogens with one attached hydrogen (secondary N) is 1. The lowest BCUT2D eigenvalue weighted by molar-refractivity contribution is 0.0946.